The first-order chi connectivity index (χ1) is 11.0. The Kier molecular flexibility index (Phi) is 6.20. The molecular weight excluding hydrogens is 314 g/mol. The average molecular weight is 335 g/mol. The molecule has 2 aromatic heterocycles. The number of aromatic nitrogens is 2. The van der Waals surface area contributed by atoms with Crippen LogP contribution < -0.4 is 4.72 Å². The Morgan fingerprint density at radius 1 is 1.17 bits per heavy atom. The summed E-state index contributed by atoms with van der Waals surface area (Å²) in [6, 6.07) is 11.1. The van der Waals surface area contributed by atoms with Gasteiger partial charge in [0, 0.05) is 19.9 Å². The molecule has 0 aliphatic carbocycles. The minimum atomic E-state index is -3.36. The second kappa shape index (κ2) is 8.14. The largest absolute Gasteiger partial charge is 0.384 e. The van der Waals surface area contributed by atoms with Crippen LogP contribution in [0.15, 0.2) is 42.6 Å². The molecule has 2 aromatic rings. The van der Waals surface area contributed by atoms with Crippen LogP contribution in [0.2, 0.25) is 0 Å². The number of hydrogen-bond acceptors (Lipinski definition) is 5. The summed E-state index contributed by atoms with van der Waals surface area (Å²) < 4.78 is 31.6. The third kappa shape index (κ3) is 5.70. The maximum atomic E-state index is 12.0. The number of pyridine rings is 2. The van der Waals surface area contributed by atoms with Crippen molar-refractivity contribution in [2.24, 2.45) is 5.92 Å². The Bertz CT molecular complexity index is 720. The van der Waals surface area contributed by atoms with Gasteiger partial charge >= 0.3 is 0 Å². The van der Waals surface area contributed by atoms with E-state index in [1.807, 2.05) is 37.3 Å². The summed E-state index contributed by atoms with van der Waals surface area (Å²) in [5, 5.41) is 0. The van der Waals surface area contributed by atoms with Gasteiger partial charge in [-0.05, 0) is 30.2 Å². The van der Waals surface area contributed by atoms with E-state index in [0.29, 0.717) is 12.3 Å². The Morgan fingerprint density at radius 2 is 1.96 bits per heavy atom. The van der Waals surface area contributed by atoms with Gasteiger partial charge in [0.15, 0.2) is 0 Å². The van der Waals surface area contributed by atoms with Crippen molar-refractivity contribution in [1.82, 2.24) is 14.7 Å². The molecule has 2 rings (SSSR count). The van der Waals surface area contributed by atoms with Gasteiger partial charge in [0.05, 0.1) is 29.4 Å². The fourth-order valence-electron chi connectivity index (χ4n) is 2.18. The SMILES string of the molecule is COCC(C)CS(=O)(=O)NCc1cccc(-c2ccccn2)n1. The molecule has 7 heteroatoms. The molecule has 0 spiro atoms. The number of methoxy groups -OCH3 is 1. The molecule has 0 aliphatic heterocycles. The molecule has 0 aliphatic rings. The van der Waals surface area contributed by atoms with Crippen molar-refractivity contribution in [1.29, 1.82) is 0 Å². The maximum absolute atomic E-state index is 12.0. The Labute approximate surface area is 137 Å². The first kappa shape index (κ1) is 17.5. The summed E-state index contributed by atoms with van der Waals surface area (Å²) in [5.74, 6) is -0.0360. The molecule has 23 heavy (non-hydrogen) atoms. The van der Waals surface area contributed by atoms with E-state index in [2.05, 4.69) is 14.7 Å². The number of nitrogens with one attached hydrogen (secondary N) is 1. The zero-order valence-corrected chi connectivity index (χ0v) is 14.1. The first-order valence-corrected chi connectivity index (χ1v) is 8.99. The van der Waals surface area contributed by atoms with E-state index in [1.165, 1.54) is 0 Å². The van der Waals surface area contributed by atoms with Crippen LogP contribution >= 0.6 is 0 Å². The Hall–Kier alpha value is -1.83. The molecule has 0 fully saturated rings. The third-order valence-electron chi connectivity index (χ3n) is 3.16. The fraction of sp³-hybridized carbons (Fsp3) is 0.375. The second-order valence-electron chi connectivity index (χ2n) is 5.39. The van der Waals surface area contributed by atoms with Crippen LogP contribution in [-0.4, -0.2) is 37.9 Å². The van der Waals surface area contributed by atoms with Crippen LogP contribution in [0.25, 0.3) is 11.4 Å². The smallest absolute Gasteiger partial charge is 0.212 e. The molecule has 0 aromatic carbocycles. The lowest BCUT2D eigenvalue weighted by molar-refractivity contribution is 0.167. The van der Waals surface area contributed by atoms with Crippen molar-refractivity contribution in [3.63, 3.8) is 0 Å². The molecule has 6 nitrogen and oxygen atoms in total. The van der Waals surface area contributed by atoms with Crippen LogP contribution in [-0.2, 0) is 21.3 Å². The van der Waals surface area contributed by atoms with E-state index in [0.717, 1.165) is 11.4 Å². The topological polar surface area (TPSA) is 81.2 Å². The molecule has 0 radical (unpaired) electrons. The molecule has 1 atom stereocenters. The lowest BCUT2D eigenvalue weighted by Crippen LogP contribution is -2.30. The normalized spacial score (nSPS) is 13.0. The first-order valence-electron chi connectivity index (χ1n) is 7.34. The highest BCUT2D eigenvalue weighted by Gasteiger charge is 2.15. The van der Waals surface area contributed by atoms with Gasteiger partial charge in [0.25, 0.3) is 0 Å². The molecule has 0 bridgehead atoms. The van der Waals surface area contributed by atoms with Crippen LogP contribution in [0.5, 0.6) is 0 Å². The molecule has 0 saturated carbocycles. The van der Waals surface area contributed by atoms with E-state index in [1.54, 1.807) is 19.4 Å². The van der Waals surface area contributed by atoms with Gasteiger partial charge in [-0.2, -0.15) is 0 Å². The number of ether oxygens (including phenoxy) is 1. The zero-order valence-electron chi connectivity index (χ0n) is 13.3. The number of sulfonamides is 1. The minimum absolute atomic E-state index is 0.0285. The van der Waals surface area contributed by atoms with Gasteiger partial charge in [0.2, 0.25) is 10.0 Å². The number of hydrogen-bond donors (Lipinski definition) is 1. The highest BCUT2D eigenvalue weighted by molar-refractivity contribution is 7.89. The van der Waals surface area contributed by atoms with Crippen LogP contribution in [0, 0.1) is 5.92 Å². The molecule has 0 saturated heterocycles. The predicted molar refractivity (Wildman–Crippen MR) is 89.1 cm³/mol. The minimum Gasteiger partial charge on any atom is -0.384 e. The van der Waals surface area contributed by atoms with Crippen molar-refractivity contribution < 1.29 is 13.2 Å². The Morgan fingerprint density at radius 3 is 2.65 bits per heavy atom. The van der Waals surface area contributed by atoms with Gasteiger partial charge in [-0.15, -0.1) is 0 Å². The molecule has 0 amide bonds. The highest BCUT2D eigenvalue weighted by atomic mass is 32.2. The van der Waals surface area contributed by atoms with Crippen molar-refractivity contribution in [3.05, 3.63) is 48.3 Å². The molecular formula is C16H21N3O3S. The Balaban J connectivity index is 2.01. The lowest BCUT2D eigenvalue weighted by Gasteiger charge is -2.12. The van der Waals surface area contributed by atoms with E-state index in [4.69, 9.17) is 4.74 Å². The highest BCUT2D eigenvalue weighted by Crippen LogP contribution is 2.13. The average Bonchev–Trinajstić information content (AvgIpc) is 2.54. The summed E-state index contributed by atoms with van der Waals surface area (Å²) in [6.07, 6.45) is 1.70. The van der Waals surface area contributed by atoms with Crippen molar-refractivity contribution in [3.8, 4) is 11.4 Å². The van der Waals surface area contributed by atoms with Gasteiger partial charge in [-0.1, -0.05) is 19.1 Å². The van der Waals surface area contributed by atoms with Crippen LogP contribution in [0.4, 0.5) is 0 Å². The van der Waals surface area contributed by atoms with Gasteiger partial charge in [0.1, 0.15) is 0 Å². The van der Waals surface area contributed by atoms with Crippen molar-refractivity contribution >= 4 is 10.0 Å². The summed E-state index contributed by atoms with van der Waals surface area (Å²) in [4.78, 5) is 8.69. The lowest BCUT2D eigenvalue weighted by atomic mass is 10.2. The zero-order chi connectivity index (χ0) is 16.7. The van der Waals surface area contributed by atoms with E-state index in [9.17, 15) is 8.42 Å². The van der Waals surface area contributed by atoms with E-state index in [-0.39, 0.29) is 18.2 Å². The van der Waals surface area contributed by atoms with Gasteiger partial charge in [-0.3, -0.25) is 4.98 Å². The molecule has 2 heterocycles. The monoisotopic (exact) mass is 335 g/mol. The number of rotatable bonds is 8. The summed E-state index contributed by atoms with van der Waals surface area (Å²) in [6.45, 7) is 2.40. The second-order valence-corrected chi connectivity index (χ2v) is 7.24. The van der Waals surface area contributed by atoms with Crippen molar-refractivity contribution in [2.45, 2.75) is 13.5 Å². The maximum Gasteiger partial charge on any atom is 0.212 e. The summed E-state index contributed by atoms with van der Waals surface area (Å²) in [5.41, 5.74) is 2.12. The molecule has 1 unspecified atom stereocenters. The molecule has 1 N–H and O–H groups in total. The van der Waals surface area contributed by atoms with E-state index < -0.39 is 10.0 Å². The van der Waals surface area contributed by atoms with Crippen molar-refractivity contribution in [2.75, 3.05) is 19.5 Å². The van der Waals surface area contributed by atoms with Crippen LogP contribution in [0.3, 0.4) is 0 Å². The van der Waals surface area contributed by atoms with Crippen LogP contribution in [0.1, 0.15) is 12.6 Å². The van der Waals surface area contributed by atoms with Gasteiger partial charge < -0.3 is 4.74 Å². The quantitative estimate of drug-likeness (QED) is 0.796. The fourth-order valence-corrected chi connectivity index (χ4v) is 3.52. The summed E-state index contributed by atoms with van der Waals surface area (Å²) >= 11 is 0. The molecule has 124 valence electrons. The van der Waals surface area contributed by atoms with E-state index >= 15 is 0 Å². The third-order valence-corrected chi connectivity index (χ3v) is 4.75. The summed E-state index contributed by atoms with van der Waals surface area (Å²) in [7, 11) is -1.81. The standard InChI is InChI=1S/C16H21N3O3S/c1-13(11-22-2)12-23(20,21)18-10-14-6-5-8-16(19-14)15-7-3-4-9-17-15/h3-9,13,18H,10-12H2,1-2H3. The van der Waals surface area contributed by atoms with Gasteiger partial charge in [-0.25, -0.2) is 18.1 Å². The number of nitrogens with zero attached hydrogens (tertiary/aromatic N) is 2. The predicted octanol–water partition coefficient (Wildman–Crippen LogP) is 1.85.